The predicted octanol–water partition coefficient (Wildman–Crippen LogP) is 4.89. The van der Waals surface area contributed by atoms with Gasteiger partial charge in [-0.05, 0) is 47.8 Å². The molecule has 6 nitrogen and oxygen atoms in total. The van der Waals surface area contributed by atoms with Crippen LogP contribution in [0.25, 0.3) is 21.5 Å². The van der Waals surface area contributed by atoms with Crippen LogP contribution in [0.1, 0.15) is 7.43 Å². The quantitative estimate of drug-likeness (QED) is 0.416. The molecule has 0 radical (unpaired) electrons. The lowest BCUT2D eigenvalue weighted by Gasteiger charge is -2.36. The summed E-state index contributed by atoms with van der Waals surface area (Å²) in [6, 6.07) is 16.2. The Kier molecular flexibility index (Phi) is 7.27. The highest BCUT2D eigenvalue weighted by atomic mass is 32.1. The van der Waals surface area contributed by atoms with E-state index in [1.54, 1.807) is 11.3 Å². The van der Waals surface area contributed by atoms with Gasteiger partial charge in [0.05, 0.1) is 0 Å². The second kappa shape index (κ2) is 10.3. The highest BCUT2D eigenvalue weighted by Gasteiger charge is 2.20. The number of anilines is 1. The highest BCUT2D eigenvalue weighted by molar-refractivity contribution is 7.17. The van der Waals surface area contributed by atoms with Crippen molar-refractivity contribution in [1.29, 1.82) is 0 Å². The fourth-order valence-corrected chi connectivity index (χ4v) is 4.79. The Balaban J connectivity index is 0.00000259. The summed E-state index contributed by atoms with van der Waals surface area (Å²) >= 11 is 1.60. The van der Waals surface area contributed by atoms with E-state index in [0.717, 1.165) is 53.4 Å². The first-order chi connectivity index (χ1) is 15.7. The molecule has 174 valence electrons. The van der Waals surface area contributed by atoms with Crippen LogP contribution in [0.5, 0.6) is 5.75 Å². The summed E-state index contributed by atoms with van der Waals surface area (Å²) < 4.78 is 25.4. The summed E-state index contributed by atoms with van der Waals surface area (Å²) in [5, 5.41) is 16.6. The zero-order valence-corrected chi connectivity index (χ0v) is 18.3. The minimum atomic E-state index is -0.591. The second-order valence-corrected chi connectivity index (χ2v) is 8.82. The smallest absolute Gasteiger partial charge is 0.178 e. The van der Waals surface area contributed by atoms with Crippen LogP contribution in [-0.4, -0.2) is 60.6 Å². The number of rotatable bonds is 7. The molecule has 1 aliphatic rings. The number of aliphatic hydroxyl groups excluding tert-OH is 1. The number of thiophene rings is 1. The molecule has 0 saturated carbocycles. The lowest BCUT2D eigenvalue weighted by Crippen LogP contribution is -2.49. The normalized spacial score (nSPS) is 15.4. The van der Waals surface area contributed by atoms with Crippen molar-refractivity contribution in [3.63, 3.8) is 0 Å². The van der Waals surface area contributed by atoms with E-state index < -0.39 is 6.10 Å². The number of aromatic nitrogens is 1. The van der Waals surface area contributed by atoms with E-state index in [9.17, 15) is 9.50 Å². The third kappa shape index (κ3) is 5.35. The van der Waals surface area contributed by atoms with Crippen LogP contribution in [0.2, 0.25) is 0 Å². The Bertz CT molecular complexity index is 1170. The van der Waals surface area contributed by atoms with Crippen molar-refractivity contribution in [1.82, 2.24) is 10.1 Å². The van der Waals surface area contributed by atoms with Crippen molar-refractivity contribution in [3.8, 4) is 17.0 Å². The lowest BCUT2D eigenvalue weighted by atomic mass is 10.1. The monoisotopic (exact) mass is 469 g/mol. The van der Waals surface area contributed by atoms with Crippen molar-refractivity contribution in [3.05, 3.63) is 65.8 Å². The number of piperazine rings is 1. The molecule has 2 aromatic heterocycles. The molecule has 8 heteroatoms. The topological polar surface area (TPSA) is 62.0 Å². The number of aliphatic hydroxyl groups is 1. The van der Waals surface area contributed by atoms with Gasteiger partial charge in [-0.1, -0.05) is 24.7 Å². The van der Waals surface area contributed by atoms with Gasteiger partial charge >= 0.3 is 0 Å². The number of hydrogen-bond acceptors (Lipinski definition) is 7. The molecular formula is C25H28FN3O3S. The average Bonchev–Trinajstić information content (AvgIpc) is 3.43. The molecule has 0 amide bonds. The van der Waals surface area contributed by atoms with Crippen LogP contribution in [0, 0.1) is 5.82 Å². The summed E-state index contributed by atoms with van der Waals surface area (Å²) in [7, 11) is 0. The molecule has 1 saturated heterocycles. The molecule has 1 fully saturated rings. The molecule has 5 rings (SSSR count). The highest BCUT2D eigenvalue weighted by Crippen LogP contribution is 2.33. The molecule has 0 bridgehead atoms. The molecule has 0 aliphatic carbocycles. The fourth-order valence-electron chi connectivity index (χ4n) is 3.98. The summed E-state index contributed by atoms with van der Waals surface area (Å²) in [5.41, 5.74) is 3.54. The van der Waals surface area contributed by atoms with E-state index in [-0.39, 0.29) is 19.9 Å². The minimum Gasteiger partial charge on any atom is -0.491 e. The molecule has 1 aliphatic heterocycles. The summed E-state index contributed by atoms with van der Waals surface area (Å²) in [5.74, 6) is 0.470. The molecule has 4 aromatic rings. The van der Waals surface area contributed by atoms with E-state index in [2.05, 4.69) is 15.0 Å². The van der Waals surface area contributed by atoms with Crippen LogP contribution in [0.15, 0.2) is 64.5 Å². The van der Waals surface area contributed by atoms with Crippen LogP contribution in [0.3, 0.4) is 0 Å². The number of hydrogen-bond donors (Lipinski definition) is 1. The number of fused-ring (bicyclic) bond motifs is 1. The van der Waals surface area contributed by atoms with Crippen LogP contribution < -0.4 is 9.64 Å². The van der Waals surface area contributed by atoms with Crippen molar-refractivity contribution in [2.75, 3.05) is 44.2 Å². The predicted molar refractivity (Wildman–Crippen MR) is 131 cm³/mol. The molecular weight excluding hydrogens is 441 g/mol. The van der Waals surface area contributed by atoms with Gasteiger partial charge in [0.1, 0.15) is 34.7 Å². The van der Waals surface area contributed by atoms with E-state index >= 15 is 0 Å². The van der Waals surface area contributed by atoms with Gasteiger partial charge in [0.15, 0.2) is 5.58 Å². The average molecular weight is 470 g/mol. The van der Waals surface area contributed by atoms with Gasteiger partial charge in [0, 0.05) is 44.0 Å². The Hall–Kier alpha value is -2.94. The van der Waals surface area contributed by atoms with Crippen molar-refractivity contribution in [2.24, 2.45) is 0 Å². The Labute approximate surface area is 196 Å². The van der Waals surface area contributed by atoms with Crippen molar-refractivity contribution in [2.45, 2.75) is 13.5 Å². The Morgan fingerprint density at radius 3 is 2.67 bits per heavy atom. The van der Waals surface area contributed by atoms with Crippen molar-refractivity contribution >= 4 is 27.3 Å². The fraction of sp³-hybridized carbons (Fsp3) is 0.320. The first kappa shape index (κ1) is 23.2. The number of β-amino-alcohol motifs (C(OH)–C–C–N with tert-alkyl or cyclic N) is 1. The van der Waals surface area contributed by atoms with Crippen LogP contribution in [-0.2, 0) is 0 Å². The van der Waals surface area contributed by atoms with E-state index in [1.165, 1.54) is 12.1 Å². The maximum Gasteiger partial charge on any atom is 0.178 e. The number of ether oxygens (including phenoxy) is 1. The van der Waals surface area contributed by atoms with Gasteiger partial charge in [-0.3, -0.25) is 4.90 Å². The number of nitrogens with zero attached hydrogens (tertiary/aromatic N) is 3. The standard InChI is InChI=1S/C24H24FN3O3S.CH4/c25-18-4-6-19(7-5-18)28-11-9-27(10-12-28)15-20(29)16-30-21-3-1-2-17(14-21)23-24-22(31-26-23)8-13-32-24;/h1-8,13-14,20,29H,9-12,15-16H2;1H4. The summed E-state index contributed by atoms with van der Waals surface area (Å²) in [4.78, 5) is 4.46. The van der Waals surface area contributed by atoms with E-state index in [1.807, 2.05) is 47.8 Å². The largest absolute Gasteiger partial charge is 0.491 e. The van der Waals surface area contributed by atoms with Gasteiger partial charge in [0.25, 0.3) is 0 Å². The van der Waals surface area contributed by atoms with Gasteiger partial charge in [-0.2, -0.15) is 0 Å². The Morgan fingerprint density at radius 2 is 1.88 bits per heavy atom. The van der Waals surface area contributed by atoms with Gasteiger partial charge in [-0.15, -0.1) is 11.3 Å². The number of halogens is 1. The molecule has 1 N–H and O–H groups in total. The van der Waals surface area contributed by atoms with E-state index in [0.29, 0.717) is 12.3 Å². The summed E-state index contributed by atoms with van der Waals surface area (Å²) in [6.45, 7) is 4.14. The van der Waals surface area contributed by atoms with Crippen LogP contribution in [0.4, 0.5) is 10.1 Å². The first-order valence-electron chi connectivity index (χ1n) is 10.6. The molecule has 33 heavy (non-hydrogen) atoms. The van der Waals surface area contributed by atoms with Crippen LogP contribution >= 0.6 is 11.3 Å². The van der Waals surface area contributed by atoms with Crippen molar-refractivity contribution < 1.29 is 18.8 Å². The Morgan fingerprint density at radius 1 is 1.09 bits per heavy atom. The molecule has 3 heterocycles. The van der Waals surface area contributed by atoms with Gasteiger partial charge < -0.3 is 19.3 Å². The minimum absolute atomic E-state index is 0. The third-order valence-electron chi connectivity index (χ3n) is 5.66. The van der Waals surface area contributed by atoms with E-state index in [4.69, 9.17) is 9.26 Å². The molecule has 2 aromatic carbocycles. The van der Waals surface area contributed by atoms with Gasteiger partial charge in [-0.25, -0.2) is 4.39 Å². The maximum absolute atomic E-state index is 13.1. The third-order valence-corrected chi connectivity index (χ3v) is 6.56. The van der Waals surface area contributed by atoms with Gasteiger partial charge in [0.2, 0.25) is 0 Å². The molecule has 1 unspecified atom stereocenters. The molecule has 0 spiro atoms. The zero-order valence-electron chi connectivity index (χ0n) is 17.5. The SMILES string of the molecule is C.OC(COc1cccc(-c2noc3ccsc23)c1)CN1CCN(c2ccc(F)cc2)CC1. The lowest BCUT2D eigenvalue weighted by molar-refractivity contribution is 0.0663. The second-order valence-electron chi connectivity index (χ2n) is 7.90. The first-order valence-corrected chi connectivity index (χ1v) is 11.5. The zero-order chi connectivity index (χ0) is 21.9. The number of benzene rings is 2. The molecule has 1 atom stereocenters. The maximum atomic E-state index is 13.1. The summed E-state index contributed by atoms with van der Waals surface area (Å²) in [6.07, 6.45) is -0.591.